The van der Waals surface area contributed by atoms with Gasteiger partial charge >= 0.3 is 0 Å². The molecule has 0 aromatic carbocycles. The Hall–Kier alpha value is -0.810. The molecule has 20 heavy (non-hydrogen) atoms. The average molecular weight is 294 g/mol. The molecule has 0 aromatic heterocycles. The Morgan fingerprint density at radius 3 is 2.50 bits per heavy atom. The maximum atomic E-state index is 11.9. The second kappa shape index (κ2) is 6.31. The molecule has 0 spiro atoms. The molecule has 0 saturated carbocycles. The zero-order valence-electron chi connectivity index (χ0n) is 11.4. The SMILES string of the molecule is CN(C)C(=O)C1(O)C[C@H](O)[C@@H](N)[C@H]([C@H](O)[C@H](O)CO)O1. The van der Waals surface area contributed by atoms with Gasteiger partial charge in [-0.1, -0.05) is 0 Å². The molecular formula is C11H22N2O7. The first-order chi connectivity index (χ1) is 9.14. The largest absolute Gasteiger partial charge is 0.394 e. The number of nitrogens with two attached hydrogens (primary N) is 1. The molecule has 0 radical (unpaired) electrons. The van der Waals surface area contributed by atoms with E-state index in [0.717, 1.165) is 4.90 Å². The van der Waals surface area contributed by atoms with Crippen molar-refractivity contribution in [2.75, 3.05) is 20.7 Å². The van der Waals surface area contributed by atoms with Crippen LogP contribution in [0.3, 0.4) is 0 Å². The lowest BCUT2D eigenvalue weighted by atomic mass is 9.89. The van der Waals surface area contributed by atoms with Crippen molar-refractivity contribution < 1.29 is 35.1 Å². The standard InChI is InChI=1S/C11H22N2O7/c1-13(2)10(18)11(19)3-5(15)7(12)9(20-11)8(17)6(16)4-14/h5-9,14-17,19H,3-4,12H2,1-2H3/t5-,6+,7+,8+,9+,11?/m0/s1. The molecule has 1 unspecified atom stereocenters. The van der Waals surface area contributed by atoms with Crippen molar-refractivity contribution in [3.8, 4) is 0 Å². The van der Waals surface area contributed by atoms with Gasteiger partial charge in [0.05, 0.1) is 18.8 Å². The third-order valence-electron chi connectivity index (χ3n) is 3.30. The van der Waals surface area contributed by atoms with Crippen LogP contribution in [0.2, 0.25) is 0 Å². The summed E-state index contributed by atoms with van der Waals surface area (Å²) in [6.07, 6.45) is -6.41. The van der Waals surface area contributed by atoms with E-state index in [-0.39, 0.29) is 0 Å². The fourth-order valence-electron chi connectivity index (χ4n) is 2.10. The van der Waals surface area contributed by atoms with Crippen LogP contribution in [0.5, 0.6) is 0 Å². The number of aliphatic hydroxyl groups excluding tert-OH is 4. The molecule has 9 heteroatoms. The number of nitrogens with zero attached hydrogens (tertiary/aromatic N) is 1. The maximum Gasteiger partial charge on any atom is 0.282 e. The minimum absolute atomic E-state index is 0.455. The molecule has 9 nitrogen and oxygen atoms in total. The van der Waals surface area contributed by atoms with Gasteiger partial charge in [-0.25, -0.2) is 0 Å². The summed E-state index contributed by atoms with van der Waals surface area (Å²) in [6, 6.07) is -1.12. The third kappa shape index (κ3) is 3.26. The van der Waals surface area contributed by atoms with E-state index < -0.39 is 55.2 Å². The van der Waals surface area contributed by atoms with Gasteiger partial charge in [-0.2, -0.15) is 0 Å². The van der Waals surface area contributed by atoms with Gasteiger partial charge in [-0.15, -0.1) is 0 Å². The van der Waals surface area contributed by atoms with Gasteiger partial charge in [0.25, 0.3) is 5.91 Å². The highest BCUT2D eigenvalue weighted by molar-refractivity contribution is 5.83. The predicted molar refractivity (Wildman–Crippen MR) is 66.2 cm³/mol. The molecule has 0 aliphatic carbocycles. The molecule has 0 aromatic rings. The van der Waals surface area contributed by atoms with Gasteiger partial charge < -0.3 is 40.9 Å². The normalized spacial score (nSPS) is 37.3. The smallest absolute Gasteiger partial charge is 0.282 e. The van der Waals surface area contributed by atoms with Crippen LogP contribution in [0.25, 0.3) is 0 Å². The molecule has 1 heterocycles. The lowest BCUT2D eigenvalue weighted by Gasteiger charge is -2.44. The number of hydrogen-bond donors (Lipinski definition) is 6. The summed E-state index contributed by atoms with van der Waals surface area (Å²) in [5.74, 6) is -3.17. The predicted octanol–water partition coefficient (Wildman–Crippen LogP) is -4.05. The van der Waals surface area contributed by atoms with Crippen molar-refractivity contribution >= 4 is 5.91 Å². The van der Waals surface area contributed by atoms with Crippen LogP contribution >= 0.6 is 0 Å². The number of likely N-dealkylation sites (N-methyl/N-ethyl adjacent to an activating group) is 1. The highest BCUT2D eigenvalue weighted by Gasteiger charge is 2.52. The van der Waals surface area contributed by atoms with Crippen molar-refractivity contribution in [2.45, 2.75) is 42.7 Å². The number of amides is 1. The van der Waals surface area contributed by atoms with Crippen LogP contribution in [0, 0.1) is 0 Å². The molecule has 1 saturated heterocycles. The summed E-state index contributed by atoms with van der Waals surface area (Å²) in [5, 5.41) is 48.1. The minimum atomic E-state index is -2.35. The van der Waals surface area contributed by atoms with Gasteiger partial charge in [0, 0.05) is 20.5 Å². The Bertz CT molecular complexity index is 354. The van der Waals surface area contributed by atoms with E-state index in [4.69, 9.17) is 15.6 Å². The Morgan fingerprint density at radius 2 is 2.05 bits per heavy atom. The van der Waals surface area contributed by atoms with Gasteiger partial charge in [0.1, 0.15) is 18.3 Å². The zero-order valence-corrected chi connectivity index (χ0v) is 11.4. The van der Waals surface area contributed by atoms with E-state index in [9.17, 15) is 25.2 Å². The summed E-state index contributed by atoms with van der Waals surface area (Å²) in [4.78, 5) is 12.9. The summed E-state index contributed by atoms with van der Waals surface area (Å²) < 4.78 is 5.12. The van der Waals surface area contributed by atoms with E-state index in [1.165, 1.54) is 14.1 Å². The third-order valence-corrected chi connectivity index (χ3v) is 3.30. The van der Waals surface area contributed by atoms with Crippen LogP contribution in [0.4, 0.5) is 0 Å². The summed E-state index contributed by atoms with van der Waals surface area (Å²) in [6.45, 7) is -0.760. The fraction of sp³-hybridized carbons (Fsp3) is 0.909. The van der Waals surface area contributed by atoms with E-state index in [0.29, 0.717) is 0 Å². The highest BCUT2D eigenvalue weighted by atomic mass is 16.6. The molecule has 1 amide bonds. The number of rotatable bonds is 4. The molecule has 7 N–H and O–H groups in total. The molecule has 1 aliphatic heterocycles. The first-order valence-corrected chi connectivity index (χ1v) is 6.16. The van der Waals surface area contributed by atoms with Crippen molar-refractivity contribution in [2.24, 2.45) is 5.73 Å². The van der Waals surface area contributed by atoms with Crippen LogP contribution in [0.15, 0.2) is 0 Å². The Kier molecular flexibility index (Phi) is 5.44. The van der Waals surface area contributed by atoms with Crippen molar-refractivity contribution in [3.05, 3.63) is 0 Å². The Morgan fingerprint density at radius 1 is 1.50 bits per heavy atom. The fourth-order valence-corrected chi connectivity index (χ4v) is 2.10. The number of carbonyl (C=O) groups excluding carboxylic acids is 1. The molecule has 1 fully saturated rings. The summed E-state index contributed by atoms with van der Waals surface area (Å²) >= 11 is 0. The first kappa shape index (κ1) is 17.2. The molecule has 1 rings (SSSR count). The summed E-state index contributed by atoms with van der Waals surface area (Å²) in [5.41, 5.74) is 5.65. The number of hydrogen-bond acceptors (Lipinski definition) is 8. The Balaban J connectivity index is 2.98. The van der Waals surface area contributed by atoms with Crippen LogP contribution in [-0.4, -0.2) is 93.3 Å². The lowest BCUT2D eigenvalue weighted by Crippen LogP contribution is -2.66. The number of aliphatic hydroxyl groups is 5. The van der Waals surface area contributed by atoms with Crippen LogP contribution < -0.4 is 5.73 Å². The van der Waals surface area contributed by atoms with Crippen LogP contribution in [-0.2, 0) is 9.53 Å². The van der Waals surface area contributed by atoms with E-state index >= 15 is 0 Å². The van der Waals surface area contributed by atoms with Gasteiger partial charge in [-0.3, -0.25) is 4.79 Å². The van der Waals surface area contributed by atoms with Crippen molar-refractivity contribution in [3.63, 3.8) is 0 Å². The Labute approximate surface area is 116 Å². The topological polar surface area (TPSA) is 157 Å². The van der Waals surface area contributed by atoms with Crippen molar-refractivity contribution in [1.29, 1.82) is 0 Å². The zero-order chi connectivity index (χ0) is 15.7. The highest BCUT2D eigenvalue weighted by Crippen LogP contribution is 2.30. The van der Waals surface area contributed by atoms with E-state index in [2.05, 4.69) is 0 Å². The quantitative estimate of drug-likeness (QED) is 0.306. The lowest BCUT2D eigenvalue weighted by molar-refractivity contribution is -0.288. The maximum absolute atomic E-state index is 11.9. The number of carbonyl (C=O) groups is 1. The minimum Gasteiger partial charge on any atom is -0.394 e. The number of ether oxygens (including phenoxy) is 1. The molecule has 0 bridgehead atoms. The average Bonchev–Trinajstić information content (AvgIpc) is 2.40. The molecular weight excluding hydrogens is 272 g/mol. The monoisotopic (exact) mass is 294 g/mol. The summed E-state index contributed by atoms with van der Waals surface area (Å²) in [7, 11) is 2.77. The second-order valence-electron chi connectivity index (χ2n) is 5.16. The molecule has 6 atom stereocenters. The first-order valence-electron chi connectivity index (χ1n) is 6.16. The molecule has 118 valence electrons. The van der Waals surface area contributed by atoms with E-state index in [1.807, 2.05) is 0 Å². The van der Waals surface area contributed by atoms with Crippen molar-refractivity contribution in [1.82, 2.24) is 4.90 Å². The van der Waals surface area contributed by atoms with E-state index in [1.54, 1.807) is 0 Å². The molecule has 1 aliphatic rings. The van der Waals surface area contributed by atoms with Gasteiger partial charge in [0.2, 0.25) is 5.79 Å². The second-order valence-corrected chi connectivity index (χ2v) is 5.16. The van der Waals surface area contributed by atoms with Gasteiger partial charge in [0.15, 0.2) is 0 Å². The van der Waals surface area contributed by atoms with Gasteiger partial charge in [-0.05, 0) is 0 Å². The van der Waals surface area contributed by atoms with Crippen LogP contribution in [0.1, 0.15) is 6.42 Å².